The molecule has 1 aromatic carbocycles. The van der Waals surface area contributed by atoms with E-state index in [0.717, 1.165) is 29.7 Å². The monoisotopic (exact) mass is 348 g/mol. The number of anilines is 1. The molecule has 0 aromatic heterocycles. The van der Waals surface area contributed by atoms with E-state index in [0.29, 0.717) is 13.0 Å². The van der Waals surface area contributed by atoms with E-state index in [4.69, 9.17) is 9.47 Å². The van der Waals surface area contributed by atoms with E-state index in [1.165, 1.54) is 0 Å². The van der Waals surface area contributed by atoms with Crippen LogP contribution in [0.1, 0.15) is 51.7 Å². The van der Waals surface area contributed by atoms with Crippen LogP contribution in [0.15, 0.2) is 18.2 Å². The quantitative estimate of drug-likeness (QED) is 0.651. The van der Waals surface area contributed by atoms with E-state index in [-0.39, 0.29) is 5.97 Å². The number of hydrazine groups is 1. The summed E-state index contributed by atoms with van der Waals surface area (Å²) >= 11 is 0. The largest absolute Gasteiger partial charge is 0.464 e. The first-order valence-corrected chi connectivity index (χ1v) is 8.77. The number of hydrogen-bond acceptors (Lipinski definition) is 5. The van der Waals surface area contributed by atoms with Gasteiger partial charge in [-0.3, -0.25) is 5.01 Å². The van der Waals surface area contributed by atoms with Gasteiger partial charge >= 0.3 is 12.1 Å². The molecule has 0 bridgehead atoms. The van der Waals surface area contributed by atoms with Crippen LogP contribution in [0.25, 0.3) is 0 Å². The Bertz CT molecular complexity index is 637. The van der Waals surface area contributed by atoms with E-state index < -0.39 is 17.7 Å². The first-order chi connectivity index (χ1) is 11.7. The van der Waals surface area contributed by atoms with Gasteiger partial charge in [-0.15, -0.1) is 0 Å². The maximum atomic E-state index is 12.5. The van der Waals surface area contributed by atoms with Crippen LogP contribution >= 0.6 is 0 Å². The van der Waals surface area contributed by atoms with Crippen molar-refractivity contribution in [1.29, 1.82) is 0 Å². The van der Waals surface area contributed by atoms with Crippen LogP contribution in [0.4, 0.5) is 10.5 Å². The van der Waals surface area contributed by atoms with E-state index in [1.54, 1.807) is 25.8 Å². The van der Waals surface area contributed by atoms with E-state index in [9.17, 15) is 9.59 Å². The second-order valence-corrected chi connectivity index (χ2v) is 7.31. The highest BCUT2D eigenvalue weighted by Crippen LogP contribution is 2.34. The Hall–Kier alpha value is -2.24. The molecule has 6 heteroatoms. The summed E-state index contributed by atoms with van der Waals surface area (Å²) in [6.45, 7) is 9.78. The predicted molar refractivity (Wildman–Crippen MR) is 96.4 cm³/mol. The Labute approximate surface area is 149 Å². The number of hydrogen-bond donors (Lipinski definition) is 1. The number of amides is 1. The molecular weight excluding hydrogens is 320 g/mol. The zero-order chi connectivity index (χ0) is 18.6. The number of nitrogens with zero attached hydrogens (tertiary/aromatic N) is 1. The fourth-order valence-electron chi connectivity index (χ4n) is 2.82. The van der Waals surface area contributed by atoms with Crippen LogP contribution in [0.2, 0.25) is 0 Å². The Kier molecular flexibility index (Phi) is 5.93. The van der Waals surface area contributed by atoms with Gasteiger partial charge in [-0.25, -0.2) is 15.0 Å². The highest BCUT2D eigenvalue weighted by molar-refractivity contribution is 5.86. The lowest BCUT2D eigenvalue weighted by Gasteiger charge is -2.29. The van der Waals surface area contributed by atoms with Gasteiger partial charge in [-0.2, -0.15) is 0 Å². The van der Waals surface area contributed by atoms with Crippen molar-refractivity contribution in [3.05, 3.63) is 29.3 Å². The molecule has 0 spiro atoms. The summed E-state index contributed by atoms with van der Waals surface area (Å²) in [5.74, 6) is -0.333. The molecule has 25 heavy (non-hydrogen) atoms. The van der Waals surface area contributed by atoms with Gasteiger partial charge in [0.25, 0.3) is 0 Å². The average Bonchev–Trinajstić information content (AvgIpc) is 2.85. The lowest BCUT2D eigenvalue weighted by Crippen LogP contribution is -2.52. The molecule has 0 saturated heterocycles. The van der Waals surface area contributed by atoms with Crippen LogP contribution in [0, 0.1) is 6.92 Å². The van der Waals surface area contributed by atoms with Crippen LogP contribution in [0.3, 0.4) is 0 Å². The normalized spacial score (nSPS) is 16.4. The van der Waals surface area contributed by atoms with Gasteiger partial charge < -0.3 is 9.47 Å². The minimum absolute atomic E-state index is 0.333. The summed E-state index contributed by atoms with van der Waals surface area (Å²) in [5, 5.41) is 1.59. The van der Waals surface area contributed by atoms with Gasteiger partial charge in [0.1, 0.15) is 5.60 Å². The maximum Gasteiger partial charge on any atom is 0.426 e. The zero-order valence-corrected chi connectivity index (χ0v) is 15.7. The molecule has 2 rings (SSSR count). The summed E-state index contributed by atoms with van der Waals surface area (Å²) in [5.41, 5.74) is 4.94. The minimum atomic E-state index is -0.616. The summed E-state index contributed by atoms with van der Waals surface area (Å²) in [6.07, 6.45) is 1.69. The van der Waals surface area contributed by atoms with Crippen molar-refractivity contribution in [1.82, 2.24) is 5.43 Å². The van der Waals surface area contributed by atoms with E-state index >= 15 is 0 Å². The number of rotatable bonds is 5. The molecule has 0 aliphatic carbocycles. The Morgan fingerprint density at radius 1 is 1.32 bits per heavy atom. The van der Waals surface area contributed by atoms with Crippen molar-refractivity contribution in [2.45, 2.75) is 65.5 Å². The SMILES string of the molecule is CCCCOC(=O)C1Cc2cccc(C)c2N1NC(=O)OC(C)(C)C. The third kappa shape index (κ3) is 4.87. The molecular formula is C19H28N2O4. The van der Waals surface area contributed by atoms with Crippen molar-refractivity contribution in [3.8, 4) is 0 Å². The molecule has 0 radical (unpaired) electrons. The number of esters is 1. The molecule has 1 amide bonds. The van der Waals surface area contributed by atoms with Gasteiger partial charge in [0.05, 0.1) is 12.3 Å². The molecule has 1 N–H and O–H groups in total. The zero-order valence-electron chi connectivity index (χ0n) is 15.7. The number of fused-ring (bicyclic) bond motifs is 1. The fraction of sp³-hybridized carbons (Fsp3) is 0.579. The number of ether oxygens (including phenoxy) is 2. The van der Waals surface area contributed by atoms with Gasteiger partial charge in [0, 0.05) is 6.42 Å². The average molecular weight is 348 g/mol. The van der Waals surface area contributed by atoms with E-state index in [2.05, 4.69) is 5.43 Å². The second-order valence-electron chi connectivity index (χ2n) is 7.31. The van der Waals surface area contributed by atoms with Gasteiger partial charge in [-0.05, 0) is 45.2 Å². The lowest BCUT2D eigenvalue weighted by molar-refractivity contribution is -0.145. The molecule has 0 saturated carbocycles. The molecule has 1 atom stereocenters. The molecule has 138 valence electrons. The van der Waals surface area contributed by atoms with Gasteiger partial charge in [-0.1, -0.05) is 31.5 Å². The second kappa shape index (κ2) is 7.76. The van der Waals surface area contributed by atoms with Crippen molar-refractivity contribution >= 4 is 17.7 Å². The van der Waals surface area contributed by atoms with Crippen molar-refractivity contribution < 1.29 is 19.1 Å². The van der Waals surface area contributed by atoms with Crippen molar-refractivity contribution in [2.75, 3.05) is 11.6 Å². The minimum Gasteiger partial charge on any atom is -0.464 e. The van der Waals surface area contributed by atoms with Crippen molar-refractivity contribution in [3.63, 3.8) is 0 Å². The number of carbonyl (C=O) groups is 2. The first-order valence-electron chi connectivity index (χ1n) is 8.77. The van der Waals surface area contributed by atoms with Crippen LogP contribution < -0.4 is 10.4 Å². The molecule has 1 aliphatic rings. The molecule has 6 nitrogen and oxygen atoms in total. The van der Waals surface area contributed by atoms with Crippen molar-refractivity contribution in [2.24, 2.45) is 0 Å². The Morgan fingerprint density at radius 3 is 2.68 bits per heavy atom. The predicted octanol–water partition coefficient (Wildman–Crippen LogP) is 3.51. The molecule has 1 unspecified atom stereocenters. The Balaban J connectivity index is 2.20. The smallest absolute Gasteiger partial charge is 0.426 e. The lowest BCUT2D eigenvalue weighted by atomic mass is 10.1. The van der Waals surface area contributed by atoms with Crippen LogP contribution in [-0.2, 0) is 20.7 Å². The third-order valence-electron chi connectivity index (χ3n) is 3.91. The molecule has 1 aromatic rings. The standard InChI is InChI=1S/C19H28N2O4/c1-6-7-11-24-17(22)15-12-14-10-8-9-13(2)16(14)21(15)20-18(23)25-19(3,4)5/h8-10,15H,6-7,11-12H2,1-5H3,(H,20,23). The first kappa shape index (κ1) is 19.1. The maximum absolute atomic E-state index is 12.5. The van der Waals surface area contributed by atoms with Gasteiger partial charge in [0.2, 0.25) is 0 Å². The highest BCUT2D eigenvalue weighted by Gasteiger charge is 2.38. The number of nitrogens with one attached hydrogen (secondary N) is 1. The fourth-order valence-corrected chi connectivity index (χ4v) is 2.82. The summed E-state index contributed by atoms with van der Waals surface area (Å²) in [4.78, 5) is 24.8. The summed E-state index contributed by atoms with van der Waals surface area (Å²) in [6, 6.07) is 5.28. The third-order valence-corrected chi connectivity index (χ3v) is 3.91. The molecule has 1 heterocycles. The topological polar surface area (TPSA) is 67.9 Å². The van der Waals surface area contributed by atoms with Crippen LogP contribution in [0.5, 0.6) is 0 Å². The number of benzene rings is 1. The highest BCUT2D eigenvalue weighted by atomic mass is 16.6. The Morgan fingerprint density at radius 2 is 2.04 bits per heavy atom. The van der Waals surface area contributed by atoms with Gasteiger partial charge in [0.15, 0.2) is 6.04 Å². The molecule has 0 fully saturated rings. The number of para-hydroxylation sites is 1. The number of aryl methyl sites for hydroxylation is 1. The summed E-state index contributed by atoms with van der Waals surface area (Å²) in [7, 11) is 0. The number of carbonyl (C=O) groups excluding carboxylic acids is 2. The summed E-state index contributed by atoms with van der Waals surface area (Å²) < 4.78 is 10.7. The van der Waals surface area contributed by atoms with E-state index in [1.807, 2.05) is 32.0 Å². The molecule has 1 aliphatic heterocycles. The number of unbranched alkanes of at least 4 members (excludes halogenated alkanes) is 1. The van der Waals surface area contributed by atoms with Crippen LogP contribution in [-0.4, -0.2) is 30.3 Å².